The third-order valence-electron chi connectivity index (χ3n) is 2.36. The van der Waals surface area contributed by atoms with E-state index < -0.39 is 17.6 Å². The maximum absolute atomic E-state index is 10.5. The van der Waals surface area contributed by atoms with Crippen LogP contribution < -0.4 is 5.73 Å². The van der Waals surface area contributed by atoms with Crippen molar-refractivity contribution in [2.24, 2.45) is 5.41 Å². The Morgan fingerprint density at radius 3 is 2.19 bits per heavy atom. The SMILES string of the molecule is CC(C)(C)OC(O)C(C)(C)CCCC([NH])=O. The Bertz CT molecular complexity index is 231. The van der Waals surface area contributed by atoms with Crippen LogP contribution in [-0.4, -0.2) is 22.9 Å². The Morgan fingerprint density at radius 2 is 1.81 bits per heavy atom. The van der Waals surface area contributed by atoms with E-state index in [-0.39, 0.29) is 12.0 Å². The number of amides is 1. The molecule has 0 aliphatic carbocycles. The number of nitrogens with one attached hydrogen (secondary N) is 1. The van der Waals surface area contributed by atoms with Gasteiger partial charge in [-0.3, -0.25) is 10.5 Å². The highest BCUT2D eigenvalue weighted by molar-refractivity contribution is 5.72. The summed E-state index contributed by atoms with van der Waals surface area (Å²) in [5.41, 5.74) is 6.02. The van der Waals surface area contributed by atoms with E-state index in [1.165, 1.54) is 0 Å². The van der Waals surface area contributed by atoms with Crippen LogP contribution in [0.2, 0.25) is 0 Å². The largest absolute Gasteiger partial charge is 0.367 e. The summed E-state index contributed by atoms with van der Waals surface area (Å²) in [6, 6.07) is 0. The average molecular weight is 230 g/mol. The van der Waals surface area contributed by atoms with Crippen molar-refractivity contribution in [3.63, 3.8) is 0 Å². The first-order valence-electron chi connectivity index (χ1n) is 5.65. The lowest BCUT2D eigenvalue weighted by Gasteiger charge is -2.35. The lowest BCUT2D eigenvalue weighted by molar-refractivity contribution is -0.217. The number of hydrogen-bond acceptors (Lipinski definition) is 3. The molecule has 0 saturated carbocycles. The van der Waals surface area contributed by atoms with Crippen LogP contribution in [0, 0.1) is 5.41 Å². The molecule has 1 radical (unpaired) electrons. The Morgan fingerprint density at radius 1 is 1.31 bits per heavy atom. The lowest BCUT2D eigenvalue weighted by atomic mass is 9.86. The van der Waals surface area contributed by atoms with Crippen LogP contribution in [0.1, 0.15) is 53.9 Å². The van der Waals surface area contributed by atoms with Crippen LogP contribution in [0.15, 0.2) is 0 Å². The average Bonchev–Trinajstić information content (AvgIpc) is 1.99. The number of hydrogen-bond donors (Lipinski definition) is 1. The number of aliphatic hydroxyl groups is 1. The third-order valence-corrected chi connectivity index (χ3v) is 2.36. The summed E-state index contributed by atoms with van der Waals surface area (Å²) in [5.74, 6) is -0.554. The molecule has 16 heavy (non-hydrogen) atoms. The Kier molecular flexibility index (Phi) is 5.42. The molecule has 1 unspecified atom stereocenters. The first-order valence-corrected chi connectivity index (χ1v) is 5.65. The highest BCUT2D eigenvalue weighted by atomic mass is 16.6. The van der Waals surface area contributed by atoms with E-state index in [2.05, 4.69) is 0 Å². The number of ether oxygens (including phenoxy) is 1. The van der Waals surface area contributed by atoms with Crippen molar-refractivity contribution in [3.8, 4) is 0 Å². The van der Waals surface area contributed by atoms with E-state index in [1.807, 2.05) is 34.6 Å². The second-order valence-electron chi connectivity index (χ2n) is 5.85. The van der Waals surface area contributed by atoms with Crippen LogP contribution in [-0.2, 0) is 9.53 Å². The number of carbonyl (C=O) groups is 1. The summed E-state index contributed by atoms with van der Waals surface area (Å²) >= 11 is 0. The molecule has 0 fully saturated rings. The van der Waals surface area contributed by atoms with Crippen LogP contribution in [0.5, 0.6) is 0 Å². The van der Waals surface area contributed by atoms with Gasteiger partial charge >= 0.3 is 0 Å². The summed E-state index contributed by atoms with van der Waals surface area (Å²) in [4.78, 5) is 10.5. The van der Waals surface area contributed by atoms with Gasteiger partial charge in [0.2, 0.25) is 5.91 Å². The Labute approximate surface area is 98.2 Å². The van der Waals surface area contributed by atoms with Crippen molar-refractivity contribution in [1.29, 1.82) is 0 Å². The summed E-state index contributed by atoms with van der Waals surface area (Å²) in [6.07, 6.45) is 0.661. The highest BCUT2D eigenvalue weighted by Gasteiger charge is 2.31. The van der Waals surface area contributed by atoms with Crippen LogP contribution in [0.25, 0.3) is 0 Å². The van der Waals surface area contributed by atoms with E-state index >= 15 is 0 Å². The minimum Gasteiger partial charge on any atom is -0.367 e. The van der Waals surface area contributed by atoms with Crippen molar-refractivity contribution < 1.29 is 14.6 Å². The summed E-state index contributed by atoms with van der Waals surface area (Å²) in [7, 11) is 0. The molecule has 0 aromatic rings. The molecule has 0 rings (SSSR count). The standard InChI is InChI=1S/C12H24NO3/c1-11(2,3)16-10(15)12(4,5)8-6-7-9(13)14/h10,13,15H,6-8H2,1-5H3. The zero-order chi connectivity index (χ0) is 13.0. The van der Waals surface area contributed by atoms with Crippen LogP contribution >= 0.6 is 0 Å². The molecular formula is C12H24NO3. The van der Waals surface area contributed by atoms with Crippen molar-refractivity contribution in [2.75, 3.05) is 0 Å². The van der Waals surface area contributed by atoms with Gasteiger partial charge in [-0.05, 0) is 33.6 Å². The molecule has 0 aliphatic rings. The van der Waals surface area contributed by atoms with Gasteiger partial charge in [-0.15, -0.1) is 0 Å². The van der Waals surface area contributed by atoms with Gasteiger partial charge in [0.1, 0.15) is 0 Å². The Hall–Kier alpha value is -0.610. The number of rotatable bonds is 6. The van der Waals surface area contributed by atoms with Gasteiger partial charge in [-0.2, -0.15) is 0 Å². The van der Waals surface area contributed by atoms with E-state index in [0.29, 0.717) is 12.8 Å². The molecule has 1 amide bonds. The van der Waals surface area contributed by atoms with Gasteiger partial charge in [0.15, 0.2) is 6.29 Å². The number of aliphatic hydroxyl groups excluding tert-OH is 1. The predicted molar refractivity (Wildman–Crippen MR) is 62.6 cm³/mol. The fourth-order valence-corrected chi connectivity index (χ4v) is 1.32. The minimum absolute atomic E-state index is 0.242. The van der Waals surface area contributed by atoms with Crippen molar-refractivity contribution in [1.82, 2.24) is 5.73 Å². The zero-order valence-electron chi connectivity index (χ0n) is 11.0. The van der Waals surface area contributed by atoms with Crippen molar-refractivity contribution in [3.05, 3.63) is 0 Å². The molecule has 0 spiro atoms. The first-order chi connectivity index (χ1) is 7.04. The highest BCUT2D eigenvalue weighted by Crippen LogP contribution is 2.30. The van der Waals surface area contributed by atoms with E-state index in [9.17, 15) is 9.90 Å². The quantitative estimate of drug-likeness (QED) is 0.710. The fourth-order valence-electron chi connectivity index (χ4n) is 1.32. The number of carbonyl (C=O) groups excluding carboxylic acids is 1. The molecule has 1 atom stereocenters. The van der Waals surface area contributed by atoms with Crippen LogP contribution in [0.3, 0.4) is 0 Å². The van der Waals surface area contributed by atoms with Gasteiger partial charge in [0.25, 0.3) is 0 Å². The predicted octanol–water partition coefficient (Wildman–Crippen LogP) is 2.13. The molecule has 95 valence electrons. The van der Waals surface area contributed by atoms with Crippen LogP contribution in [0.4, 0.5) is 0 Å². The van der Waals surface area contributed by atoms with Gasteiger partial charge in [0.05, 0.1) is 5.60 Å². The smallest absolute Gasteiger partial charge is 0.238 e. The van der Waals surface area contributed by atoms with E-state index in [4.69, 9.17) is 10.5 Å². The minimum atomic E-state index is -0.853. The molecule has 0 aromatic heterocycles. The molecule has 2 N–H and O–H groups in total. The van der Waals surface area contributed by atoms with Gasteiger partial charge in [-0.25, -0.2) is 0 Å². The molecule has 0 bridgehead atoms. The second-order valence-corrected chi connectivity index (χ2v) is 5.85. The second kappa shape index (κ2) is 5.64. The normalized spacial score (nSPS) is 14.9. The van der Waals surface area contributed by atoms with Gasteiger partial charge in [-0.1, -0.05) is 13.8 Å². The monoisotopic (exact) mass is 230 g/mol. The summed E-state index contributed by atoms with van der Waals surface area (Å²) in [6.45, 7) is 9.47. The maximum Gasteiger partial charge on any atom is 0.238 e. The van der Waals surface area contributed by atoms with Crippen molar-refractivity contribution in [2.45, 2.75) is 65.8 Å². The molecule has 0 aliphatic heterocycles. The van der Waals surface area contributed by atoms with Gasteiger partial charge in [0, 0.05) is 11.8 Å². The fraction of sp³-hybridized carbons (Fsp3) is 0.917. The molecule has 0 saturated heterocycles. The molecule has 4 nitrogen and oxygen atoms in total. The molecule has 4 heteroatoms. The lowest BCUT2D eigenvalue weighted by Crippen LogP contribution is -2.38. The third kappa shape index (κ3) is 6.80. The van der Waals surface area contributed by atoms with Gasteiger partial charge < -0.3 is 9.84 Å². The van der Waals surface area contributed by atoms with E-state index in [1.54, 1.807) is 0 Å². The topological polar surface area (TPSA) is 70.3 Å². The molecular weight excluding hydrogens is 206 g/mol. The molecule has 0 aromatic carbocycles. The zero-order valence-corrected chi connectivity index (χ0v) is 11.0. The summed E-state index contributed by atoms with van der Waals surface area (Å²) < 4.78 is 5.48. The Balaban J connectivity index is 4.15. The van der Waals surface area contributed by atoms with Crippen molar-refractivity contribution >= 4 is 5.91 Å². The first kappa shape index (κ1) is 15.4. The maximum atomic E-state index is 10.5. The van der Waals surface area contributed by atoms with E-state index in [0.717, 1.165) is 0 Å². The molecule has 0 heterocycles. The summed E-state index contributed by atoms with van der Waals surface area (Å²) in [5, 5.41) is 9.92.